The summed E-state index contributed by atoms with van der Waals surface area (Å²) in [5.74, 6) is -1.45. The number of nitrogens with one attached hydrogen (secondary N) is 4. The lowest BCUT2D eigenvalue weighted by molar-refractivity contribution is -0.139. The number of alkyl carbamates (subject to hydrolysis) is 2. The molecule has 374 valence electrons. The number of benzene rings is 3. The number of methoxy groups -OCH3 is 2. The van der Waals surface area contributed by atoms with E-state index in [-0.39, 0.29) is 47.5 Å². The Hall–Kier alpha value is -5.47. The second-order valence-corrected chi connectivity index (χ2v) is 37.6. The molecule has 3 aliphatic heterocycles. The average molecular weight is 998 g/mol. The molecular weight excluding hydrogens is 923 g/mol. The van der Waals surface area contributed by atoms with Crippen LogP contribution in [-0.4, -0.2) is 121 Å². The number of nitrogens with zero attached hydrogens (tertiary/aromatic N) is 3. The first-order chi connectivity index (χ1) is 32.3. The van der Waals surface area contributed by atoms with Crippen LogP contribution in [-0.2, 0) is 28.7 Å². The van der Waals surface area contributed by atoms with Gasteiger partial charge in [0, 0.05) is 29.4 Å². The fourth-order valence-electron chi connectivity index (χ4n) is 10.2. The summed E-state index contributed by atoms with van der Waals surface area (Å²) in [6.45, 7) is 23.2. The second kappa shape index (κ2) is 21.3. The fraction of sp³-hybridized carbons (Fsp3) is 0.529. The number of hydrogen-bond donors (Lipinski definition) is 4. The largest absolute Gasteiger partial charge is 0.453 e. The van der Waals surface area contributed by atoms with Gasteiger partial charge in [0.05, 0.1) is 50.5 Å². The van der Waals surface area contributed by atoms with Crippen LogP contribution in [0.15, 0.2) is 72.8 Å². The molecule has 3 aliphatic rings. The summed E-state index contributed by atoms with van der Waals surface area (Å²) in [5.41, 5.74) is 4.61. The van der Waals surface area contributed by atoms with Crippen molar-refractivity contribution in [2.75, 3.05) is 42.1 Å². The van der Waals surface area contributed by atoms with Crippen molar-refractivity contribution < 1.29 is 38.2 Å². The van der Waals surface area contributed by atoms with Crippen LogP contribution >= 0.6 is 0 Å². The first kappa shape index (κ1) is 52.9. The SMILES string of the molecule is COC(=O)N[C@H](C(=O)N1C[Si](C)(C)C[C@H]1C(=O)Nc1ccc([C@@H]2CC[C@@H](c3ccc(NC(=O)[C@@H]4C[Si](C)(C)CN4C(=O)[C@@H](NC(=O)OC)C(C)C)cc3)N2c2ccc([Si](C)(C)C)cc2)cc1)C(C)C. The van der Waals surface area contributed by atoms with Gasteiger partial charge in [-0.1, -0.05) is 115 Å². The normalized spacial score (nSPS) is 21.7. The van der Waals surface area contributed by atoms with Gasteiger partial charge in [-0.15, -0.1) is 0 Å². The van der Waals surface area contributed by atoms with Crippen molar-refractivity contribution >= 4 is 82.3 Å². The molecule has 3 saturated heterocycles. The van der Waals surface area contributed by atoms with Crippen molar-refractivity contribution in [2.24, 2.45) is 11.8 Å². The van der Waals surface area contributed by atoms with E-state index >= 15 is 0 Å². The van der Waals surface area contributed by atoms with Gasteiger partial charge >= 0.3 is 12.2 Å². The third-order valence-corrected chi connectivity index (χ3v) is 21.4. The minimum absolute atomic E-state index is 0.0311. The summed E-state index contributed by atoms with van der Waals surface area (Å²) >= 11 is 0. The minimum Gasteiger partial charge on any atom is -0.453 e. The summed E-state index contributed by atoms with van der Waals surface area (Å²) in [6, 6.07) is 23.4. The average Bonchev–Trinajstić information content (AvgIpc) is 3.99. The van der Waals surface area contributed by atoms with E-state index in [4.69, 9.17) is 9.47 Å². The number of ether oxygens (including phenoxy) is 2. The van der Waals surface area contributed by atoms with Gasteiger partial charge in [-0.25, -0.2) is 9.59 Å². The molecule has 0 spiro atoms. The van der Waals surface area contributed by atoms with Crippen LogP contribution in [0.5, 0.6) is 0 Å². The molecule has 3 aromatic rings. The Morgan fingerprint density at radius 1 is 0.580 bits per heavy atom. The van der Waals surface area contributed by atoms with Crippen LogP contribution in [0.2, 0.25) is 57.9 Å². The Labute approximate surface area is 411 Å². The summed E-state index contributed by atoms with van der Waals surface area (Å²) in [6.07, 6.45) is 1.43. The van der Waals surface area contributed by atoms with Crippen LogP contribution < -0.4 is 31.4 Å². The maximum Gasteiger partial charge on any atom is 0.407 e. The van der Waals surface area contributed by atoms with Gasteiger partial charge in [-0.2, -0.15) is 0 Å². The Morgan fingerprint density at radius 2 is 0.942 bits per heavy atom. The monoisotopic (exact) mass is 997 g/mol. The van der Waals surface area contributed by atoms with Crippen molar-refractivity contribution in [2.45, 2.75) is 135 Å². The molecule has 3 heterocycles. The Balaban J connectivity index is 1.20. The second-order valence-electron chi connectivity index (χ2n) is 22.5. The van der Waals surface area contributed by atoms with E-state index in [1.54, 1.807) is 9.80 Å². The molecule has 3 fully saturated rings. The highest BCUT2D eigenvalue weighted by Crippen LogP contribution is 2.47. The molecule has 0 radical (unpaired) electrons. The molecule has 0 bridgehead atoms. The van der Waals surface area contributed by atoms with Crippen LogP contribution in [0.25, 0.3) is 0 Å². The molecule has 0 saturated carbocycles. The molecule has 69 heavy (non-hydrogen) atoms. The zero-order chi connectivity index (χ0) is 50.7. The Morgan fingerprint density at radius 3 is 1.26 bits per heavy atom. The Kier molecular flexibility index (Phi) is 16.3. The zero-order valence-electron chi connectivity index (χ0n) is 42.9. The van der Waals surface area contributed by atoms with Crippen molar-refractivity contribution in [1.29, 1.82) is 0 Å². The molecule has 6 rings (SSSR count). The maximum absolute atomic E-state index is 14.0. The van der Waals surface area contributed by atoms with Gasteiger partial charge < -0.3 is 45.4 Å². The lowest BCUT2D eigenvalue weighted by Crippen LogP contribution is -2.54. The lowest BCUT2D eigenvalue weighted by Gasteiger charge is -2.34. The smallest absolute Gasteiger partial charge is 0.407 e. The highest BCUT2D eigenvalue weighted by atomic mass is 28.3. The topological polar surface area (TPSA) is 179 Å². The van der Waals surface area contributed by atoms with Crippen LogP contribution in [0.4, 0.5) is 26.7 Å². The van der Waals surface area contributed by atoms with Crippen molar-refractivity contribution in [3.8, 4) is 0 Å². The van der Waals surface area contributed by atoms with Gasteiger partial charge in [0.1, 0.15) is 24.2 Å². The third kappa shape index (κ3) is 12.5. The first-order valence-corrected chi connectivity index (χ1v) is 34.7. The number of rotatable bonds is 14. The number of carbonyl (C=O) groups excluding carboxylic acids is 6. The summed E-state index contributed by atoms with van der Waals surface area (Å²) in [7, 11) is -2.92. The lowest BCUT2D eigenvalue weighted by atomic mass is 10.0. The van der Waals surface area contributed by atoms with E-state index in [0.29, 0.717) is 35.8 Å². The third-order valence-electron chi connectivity index (χ3n) is 13.9. The van der Waals surface area contributed by atoms with Crippen LogP contribution in [0.1, 0.15) is 63.7 Å². The highest BCUT2D eigenvalue weighted by molar-refractivity contribution is 6.88. The molecule has 6 amide bonds. The van der Waals surface area contributed by atoms with Gasteiger partial charge in [-0.3, -0.25) is 19.2 Å². The molecular formula is C51H75N7O8Si3. The van der Waals surface area contributed by atoms with E-state index in [1.165, 1.54) is 19.4 Å². The van der Waals surface area contributed by atoms with E-state index in [9.17, 15) is 28.8 Å². The van der Waals surface area contributed by atoms with Crippen molar-refractivity contribution in [3.05, 3.63) is 83.9 Å². The quantitative estimate of drug-likeness (QED) is 0.117. The molecule has 3 aromatic carbocycles. The Bertz CT molecular complexity index is 2220. The number of anilines is 3. The standard InChI is InChI=1S/C51H75N7O8Si3/c1-32(2)44(54-50(63)65-5)48(61)56-30-68(10,11)28-42(56)46(59)52-36-18-14-34(15-19-36)40-26-27-41(58(40)38-22-24-39(25-23-38)67(7,8)9)35-16-20-37(21-17-35)53-47(60)43-29-69(12,13)31-57(43)49(62)45(33(3)4)55-51(64)66-6/h14-25,32-33,40-45H,26-31H2,1-13H3,(H,52,59)(H,53,60)(H,54,63)(H,55,64)/t40-,41-,42-,43-,44-,45-/m0/s1. The predicted octanol–water partition coefficient (Wildman–Crippen LogP) is 7.87. The molecule has 4 N–H and O–H groups in total. The number of hydrogen-bond acceptors (Lipinski definition) is 9. The predicted molar refractivity (Wildman–Crippen MR) is 281 cm³/mol. The molecule has 15 nitrogen and oxygen atoms in total. The first-order valence-electron chi connectivity index (χ1n) is 24.3. The van der Waals surface area contributed by atoms with Gasteiger partial charge in [0.2, 0.25) is 23.6 Å². The van der Waals surface area contributed by atoms with Crippen molar-refractivity contribution in [1.82, 2.24) is 20.4 Å². The summed E-state index contributed by atoms with van der Waals surface area (Å²) in [5, 5.41) is 13.0. The van der Waals surface area contributed by atoms with E-state index < -0.39 is 60.6 Å². The van der Waals surface area contributed by atoms with Crippen LogP contribution in [0.3, 0.4) is 0 Å². The highest BCUT2D eigenvalue weighted by Gasteiger charge is 2.48. The molecule has 0 aromatic heterocycles. The van der Waals surface area contributed by atoms with Crippen molar-refractivity contribution in [3.63, 3.8) is 0 Å². The molecule has 0 unspecified atom stereocenters. The minimum atomic E-state index is -1.94. The van der Waals surface area contributed by atoms with Gasteiger partial charge in [-0.05, 0) is 84.3 Å². The van der Waals surface area contributed by atoms with Gasteiger partial charge in [0.15, 0.2) is 0 Å². The van der Waals surface area contributed by atoms with E-state index in [0.717, 1.165) is 29.7 Å². The zero-order valence-corrected chi connectivity index (χ0v) is 45.9. The maximum atomic E-state index is 14.0. The van der Waals surface area contributed by atoms with Gasteiger partial charge in [0.25, 0.3) is 0 Å². The molecule has 0 aliphatic carbocycles. The fourth-order valence-corrected chi connectivity index (χ4v) is 17.1. The summed E-state index contributed by atoms with van der Waals surface area (Å²) < 4.78 is 9.60. The number of carbonyl (C=O) groups is 6. The molecule has 6 atom stereocenters. The van der Waals surface area contributed by atoms with E-state index in [2.05, 4.69) is 121 Å². The van der Waals surface area contributed by atoms with Crippen LogP contribution in [0, 0.1) is 11.8 Å². The summed E-state index contributed by atoms with van der Waals surface area (Å²) in [4.78, 5) is 86.0. The van der Waals surface area contributed by atoms with E-state index in [1.807, 2.05) is 52.0 Å². The number of amides is 6. The molecule has 18 heteroatoms.